The molecule has 1 aliphatic rings. The van der Waals surface area contributed by atoms with Crippen LogP contribution in [0.15, 0.2) is 24.3 Å². The molecule has 0 aliphatic carbocycles. The molecule has 1 saturated heterocycles. The summed E-state index contributed by atoms with van der Waals surface area (Å²) in [6.07, 6.45) is 0.781. The molecule has 1 unspecified atom stereocenters. The third-order valence-corrected chi connectivity index (χ3v) is 3.75. The zero-order valence-corrected chi connectivity index (χ0v) is 12.7. The fourth-order valence-corrected chi connectivity index (χ4v) is 2.49. The second kappa shape index (κ2) is 7.79. The number of nitrogens with zero attached hydrogens (tertiary/aromatic N) is 1. The van der Waals surface area contributed by atoms with Gasteiger partial charge in [0.15, 0.2) is 0 Å². The van der Waals surface area contributed by atoms with Gasteiger partial charge in [-0.05, 0) is 24.1 Å². The molecule has 6 heteroatoms. The Hall–Kier alpha value is -2.08. The highest BCUT2D eigenvalue weighted by Crippen LogP contribution is 2.21. The van der Waals surface area contributed by atoms with Gasteiger partial charge in [0.25, 0.3) is 0 Å². The number of rotatable bonds is 7. The van der Waals surface area contributed by atoms with E-state index in [2.05, 4.69) is 5.32 Å². The molecule has 0 aromatic heterocycles. The van der Waals surface area contributed by atoms with Gasteiger partial charge in [-0.15, -0.1) is 0 Å². The number of carbonyl (C=O) groups is 2. The van der Waals surface area contributed by atoms with Gasteiger partial charge in [0, 0.05) is 32.7 Å². The lowest BCUT2D eigenvalue weighted by molar-refractivity contribution is -0.129. The fourth-order valence-electron chi connectivity index (χ4n) is 2.49. The number of aliphatic hydroxyl groups excluding tert-OH is 1. The van der Waals surface area contributed by atoms with Crippen LogP contribution in [0.5, 0.6) is 5.75 Å². The third-order valence-electron chi connectivity index (χ3n) is 3.75. The first-order valence-corrected chi connectivity index (χ1v) is 7.43. The number of aliphatic hydroxyl groups is 1. The smallest absolute Gasteiger partial charge is 0.225 e. The monoisotopic (exact) mass is 306 g/mol. The van der Waals surface area contributed by atoms with Gasteiger partial charge in [-0.2, -0.15) is 0 Å². The van der Waals surface area contributed by atoms with Crippen LogP contribution in [-0.2, 0) is 16.1 Å². The van der Waals surface area contributed by atoms with E-state index in [-0.39, 0.29) is 30.8 Å². The molecule has 1 heterocycles. The molecule has 0 bridgehead atoms. The van der Waals surface area contributed by atoms with Crippen LogP contribution in [0.25, 0.3) is 0 Å². The lowest BCUT2D eigenvalue weighted by atomic mass is 10.1. The number of nitrogens with one attached hydrogen (secondary N) is 1. The van der Waals surface area contributed by atoms with Crippen molar-refractivity contribution in [3.8, 4) is 5.75 Å². The van der Waals surface area contributed by atoms with E-state index >= 15 is 0 Å². The first-order chi connectivity index (χ1) is 10.6. The maximum absolute atomic E-state index is 12.0. The number of ether oxygens (including phenoxy) is 1. The van der Waals surface area contributed by atoms with Crippen LogP contribution in [0.4, 0.5) is 0 Å². The Morgan fingerprint density at radius 1 is 1.41 bits per heavy atom. The maximum Gasteiger partial charge on any atom is 0.225 e. The Bertz CT molecular complexity index is 515. The van der Waals surface area contributed by atoms with Crippen molar-refractivity contribution in [1.82, 2.24) is 10.2 Å². The molecule has 2 rings (SSSR count). The molecule has 2 N–H and O–H groups in total. The molecule has 120 valence electrons. The van der Waals surface area contributed by atoms with E-state index in [4.69, 9.17) is 9.84 Å². The first-order valence-electron chi connectivity index (χ1n) is 7.43. The van der Waals surface area contributed by atoms with Gasteiger partial charge < -0.3 is 20.1 Å². The lowest BCUT2D eigenvalue weighted by Gasteiger charge is -2.17. The molecule has 0 spiro atoms. The molecule has 2 amide bonds. The third kappa shape index (κ3) is 4.21. The number of hydrogen-bond acceptors (Lipinski definition) is 4. The number of benzene rings is 1. The van der Waals surface area contributed by atoms with Gasteiger partial charge >= 0.3 is 0 Å². The summed E-state index contributed by atoms with van der Waals surface area (Å²) >= 11 is 0. The average molecular weight is 306 g/mol. The number of hydrogen-bond donors (Lipinski definition) is 2. The summed E-state index contributed by atoms with van der Waals surface area (Å²) in [4.78, 5) is 25.7. The van der Waals surface area contributed by atoms with Crippen molar-refractivity contribution in [1.29, 1.82) is 0 Å². The second-order valence-corrected chi connectivity index (χ2v) is 5.39. The van der Waals surface area contributed by atoms with Gasteiger partial charge in [0.05, 0.1) is 13.0 Å². The Morgan fingerprint density at radius 2 is 2.14 bits per heavy atom. The Kier molecular flexibility index (Phi) is 5.77. The molecule has 1 atom stereocenters. The van der Waals surface area contributed by atoms with Crippen LogP contribution >= 0.6 is 0 Å². The highest BCUT2D eigenvalue weighted by molar-refractivity contribution is 5.89. The van der Waals surface area contributed by atoms with Crippen molar-refractivity contribution in [2.45, 2.75) is 19.4 Å². The van der Waals surface area contributed by atoms with Crippen molar-refractivity contribution < 1.29 is 19.4 Å². The molecule has 1 aliphatic heterocycles. The number of likely N-dealkylation sites (tertiary alicyclic amines) is 1. The highest BCUT2D eigenvalue weighted by atomic mass is 16.5. The molecule has 0 radical (unpaired) electrons. The quantitative estimate of drug-likeness (QED) is 0.721. The van der Waals surface area contributed by atoms with Crippen molar-refractivity contribution in [2.24, 2.45) is 5.92 Å². The molecular formula is C16H22N2O4. The van der Waals surface area contributed by atoms with Crippen molar-refractivity contribution in [3.05, 3.63) is 29.8 Å². The van der Waals surface area contributed by atoms with Crippen LogP contribution < -0.4 is 10.1 Å². The predicted molar refractivity (Wildman–Crippen MR) is 81.2 cm³/mol. The van der Waals surface area contributed by atoms with Gasteiger partial charge in [-0.1, -0.05) is 12.1 Å². The van der Waals surface area contributed by atoms with E-state index in [9.17, 15) is 9.59 Å². The highest BCUT2D eigenvalue weighted by Gasteiger charge is 2.33. The van der Waals surface area contributed by atoms with E-state index in [1.807, 2.05) is 24.3 Å². The Morgan fingerprint density at radius 3 is 2.77 bits per heavy atom. The topological polar surface area (TPSA) is 78.9 Å². The minimum absolute atomic E-state index is 0.00173. The molecule has 1 fully saturated rings. The summed E-state index contributed by atoms with van der Waals surface area (Å²) in [6, 6.07) is 7.55. The zero-order chi connectivity index (χ0) is 15.9. The van der Waals surface area contributed by atoms with E-state index in [1.54, 1.807) is 12.0 Å². The normalized spacial score (nSPS) is 17.6. The SMILES string of the molecule is COc1ccc(CN2CC(C(=O)NCCCO)CC2=O)cc1. The van der Waals surface area contributed by atoms with Crippen molar-refractivity contribution in [3.63, 3.8) is 0 Å². The standard InChI is InChI=1S/C16H22N2O4/c1-22-14-5-3-12(4-6-14)10-18-11-13(9-15(18)20)16(21)17-7-2-8-19/h3-6,13,19H,2,7-11H2,1H3,(H,17,21). The maximum atomic E-state index is 12.0. The van der Waals surface area contributed by atoms with Crippen LogP contribution in [0.2, 0.25) is 0 Å². The van der Waals surface area contributed by atoms with Gasteiger partial charge in [0.2, 0.25) is 11.8 Å². The molecule has 0 saturated carbocycles. The van der Waals surface area contributed by atoms with Crippen molar-refractivity contribution >= 4 is 11.8 Å². The zero-order valence-electron chi connectivity index (χ0n) is 12.7. The average Bonchev–Trinajstić information content (AvgIpc) is 2.89. The number of methoxy groups -OCH3 is 1. The van der Waals surface area contributed by atoms with E-state index in [0.29, 0.717) is 26.1 Å². The largest absolute Gasteiger partial charge is 0.497 e. The lowest BCUT2D eigenvalue weighted by Crippen LogP contribution is -2.33. The van der Waals surface area contributed by atoms with Gasteiger partial charge in [-0.3, -0.25) is 9.59 Å². The second-order valence-electron chi connectivity index (χ2n) is 5.39. The summed E-state index contributed by atoms with van der Waals surface area (Å²) in [6.45, 7) is 1.44. The Labute approximate surface area is 130 Å². The molecular weight excluding hydrogens is 284 g/mol. The molecule has 6 nitrogen and oxygen atoms in total. The van der Waals surface area contributed by atoms with E-state index in [0.717, 1.165) is 11.3 Å². The molecule has 22 heavy (non-hydrogen) atoms. The molecule has 1 aromatic rings. The summed E-state index contributed by atoms with van der Waals surface area (Å²) in [5.74, 6) is 0.360. The summed E-state index contributed by atoms with van der Waals surface area (Å²) in [5, 5.41) is 11.5. The summed E-state index contributed by atoms with van der Waals surface area (Å²) in [7, 11) is 1.61. The van der Waals surface area contributed by atoms with E-state index < -0.39 is 0 Å². The predicted octanol–water partition coefficient (Wildman–Crippen LogP) is 0.542. The minimum atomic E-state index is -0.301. The van der Waals surface area contributed by atoms with Gasteiger partial charge in [-0.25, -0.2) is 0 Å². The van der Waals surface area contributed by atoms with Crippen LogP contribution in [-0.4, -0.2) is 48.6 Å². The summed E-state index contributed by atoms with van der Waals surface area (Å²) in [5.41, 5.74) is 1.01. The van der Waals surface area contributed by atoms with Crippen LogP contribution in [0.1, 0.15) is 18.4 Å². The number of carbonyl (C=O) groups excluding carboxylic acids is 2. The van der Waals surface area contributed by atoms with E-state index in [1.165, 1.54) is 0 Å². The number of amides is 2. The Balaban J connectivity index is 1.87. The first kappa shape index (κ1) is 16.3. The summed E-state index contributed by atoms with van der Waals surface area (Å²) < 4.78 is 5.10. The molecule has 1 aromatic carbocycles. The van der Waals surface area contributed by atoms with Crippen molar-refractivity contribution in [2.75, 3.05) is 26.8 Å². The van der Waals surface area contributed by atoms with Crippen LogP contribution in [0.3, 0.4) is 0 Å². The van der Waals surface area contributed by atoms with Crippen LogP contribution in [0, 0.1) is 5.92 Å². The fraction of sp³-hybridized carbons (Fsp3) is 0.500. The minimum Gasteiger partial charge on any atom is -0.497 e. The van der Waals surface area contributed by atoms with Gasteiger partial charge in [0.1, 0.15) is 5.75 Å².